The topological polar surface area (TPSA) is 32.8 Å². The normalized spacial score (nSPS) is 27.8. The van der Waals surface area contributed by atoms with Crippen molar-refractivity contribution in [2.75, 3.05) is 45.9 Å². The number of piperidine rings is 1. The predicted molar refractivity (Wildman–Crippen MR) is 76.2 cm³/mol. The number of ether oxygens (including phenoxy) is 1. The lowest BCUT2D eigenvalue weighted by molar-refractivity contribution is -0.112. The molecule has 0 saturated carbocycles. The molecule has 0 N–H and O–H groups in total. The fraction of sp³-hybridized carbons (Fsp3) is 0.933. The van der Waals surface area contributed by atoms with Gasteiger partial charge < -0.3 is 14.4 Å². The molecule has 0 aromatic heterocycles. The summed E-state index contributed by atoms with van der Waals surface area (Å²) in [7, 11) is 0. The van der Waals surface area contributed by atoms with Crippen LogP contribution in [0.1, 0.15) is 26.7 Å². The monoisotopic (exact) mass is 268 g/mol. The van der Waals surface area contributed by atoms with Gasteiger partial charge in [-0.3, -0.25) is 4.90 Å². The molecule has 2 fully saturated rings. The van der Waals surface area contributed by atoms with Crippen LogP contribution in [0.15, 0.2) is 0 Å². The molecule has 2 aliphatic heterocycles. The Balaban J connectivity index is 1.72. The molecule has 1 atom stereocenters. The summed E-state index contributed by atoms with van der Waals surface area (Å²) < 4.78 is 5.89. The molecule has 4 heteroatoms. The highest BCUT2D eigenvalue weighted by atomic mass is 16.5. The molecule has 0 aliphatic carbocycles. The Hall–Kier alpha value is -0.450. The van der Waals surface area contributed by atoms with Crippen LogP contribution in [0.25, 0.3) is 0 Å². The molecule has 2 rings (SSSR count). The number of carbonyl (C=O) groups excluding carboxylic acids is 1. The summed E-state index contributed by atoms with van der Waals surface area (Å²) in [6, 6.07) is 0. The van der Waals surface area contributed by atoms with Crippen molar-refractivity contribution in [2.45, 2.75) is 32.8 Å². The van der Waals surface area contributed by atoms with Gasteiger partial charge in [-0.15, -0.1) is 0 Å². The van der Waals surface area contributed by atoms with Crippen molar-refractivity contribution in [1.29, 1.82) is 0 Å². The standard InChI is InChI=1S/C15H28N2O2/c1-13(2)9-17-7-8-19-15(11-17)10-16-5-3-14(12-18)4-6-16/h12-15H,3-11H2,1-2H3. The van der Waals surface area contributed by atoms with Crippen LogP contribution in [-0.2, 0) is 9.53 Å². The van der Waals surface area contributed by atoms with Crippen LogP contribution in [0.5, 0.6) is 0 Å². The third-order valence-electron chi connectivity index (χ3n) is 4.13. The second kappa shape index (κ2) is 7.36. The van der Waals surface area contributed by atoms with Gasteiger partial charge in [-0.1, -0.05) is 13.8 Å². The number of hydrogen-bond acceptors (Lipinski definition) is 4. The van der Waals surface area contributed by atoms with E-state index in [1.165, 1.54) is 6.54 Å². The predicted octanol–water partition coefficient (Wildman–Crippen LogP) is 1.25. The number of aldehydes is 1. The average molecular weight is 268 g/mol. The first kappa shape index (κ1) is 14.9. The third kappa shape index (κ3) is 4.86. The molecule has 4 nitrogen and oxygen atoms in total. The van der Waals surface area contributed by atoms with Crippen LogP contribution >= 0.6 is 0 Å². The Morgan fingerprint density at radius 1 is 1.21 bits per heavy atom. The van der Waals surface area contributed by atoms with Gasteiger partial charge in [-0.2, -0.15) is 0 Å². The van der Waals surface area contributed by atoms with Crippen LogP contribution in [-0.4, -0.2) is 68.1 Å². The van der Waals surface area contributed by atoms with Crippen LogP contribution < -0.4 is 0 Å². The minimum absolute atomic E-state index is 0.293. The van der Waals surface area contributed by atoms with E-state index in [1.807, 2.05) is 0 Å². The summed E-state index contributed by atoms with van der Waals surface area (Å²) in [6.07, 6.45) is 3.51. The molecule has 0 amide bonds. The lowest BCUT2D eigenvalue weighted by Gasteiger charge is -2.38. The van der Waals surface area contributed by atoms with Gasteiger partial charge in [0, 0.05) is 32.1 Å². The highest BCUT2D eigenvalue weighted by Crippen LogP contribution is 2.17. The Bertz CT molecular complexity index is 275. The van der Waals surface area contributed by atoms with Crippen molar-refractivity contribution in [3.05, 3.63) is 0 Å². The minimum atomic E-state index is 0.293. The smallest absolute Gasteiger partial charge is 0.123 e. The van der Waals surface area contributed by atoms with Gasteiger partial charge in [-0.05, 0) is 31.8 Å². The molecule has 110 valence electrons. The SMILES string of the molecule is CC(C)CN1CCOC(CN2CCC(C=O)CC2)C1. The fourth-order valence-corrected chi connectivity index (χ4v) is 3.13. The maximum atomic E-state index is 10.8. The summed E-state index contributed by atoms with van der Waals surface area (Å²) in [5, 5.41) is 0. The van der Waals surface area contributed by atoms with Crippen molar-refractivity contribution in [1.82, 2.24) is 9.80 Å². The first-order chi connectivity index (χ1) is 9.17. The number of carbonyl (C=O) groups is 1. The zero-order valence-electron chi connectivity index (χ0n) is 12.4. The van der Waals surface area contributed by atoms with Crippen LogP contribution in [0.4, 0.5) is 0 Å². The van der Waals surface area contributed by atoms with Gasteiger partial charge in [0.1, 0.15) is 6.29 Å². The molecule has 0 aromatic carbocycles. The number of morpholine rings is 1. The zero-order chi connectivity index (χ0) is 13.7. The molecule has 0 bridgehead atoms. The Kier molecular flexibility index (Phi) is 5.79. The quantitative estimate of drug-likeness (QED) is 0.703. The zero-order valence-corrected chi connectivity index (χ0v) is 12.4. The van der Waals surface area contributed by atoms with Crippen molar-refractivity contribution < 1.29 is 9.53 Å². The molecule has 1 unspecified atom stereocenters. The van der Waals surface area contributed by atoms with E-state index in [2.05, 4.69) is 23.6 Å². The second-order valence-electron chi connectivity index (χ2n) is 6.42. The molecule has 2 aliphatic rings. The second-order valence-corrected chi connectivity index (χ2v) is 6.42. The van der Waals surface area contributed by atoms with Crippen LogP contribution in [0, 0.1) is 11.8 Å². The van der Waals surface area contributed by atoms with E-state index in [-0.39, 0.29) is 0 Å². The van der Waals surface area contributed by atoms with Crippen LogP contribution in [0.3, 0.4) is 0 Å². The van der Waals surface area contributed by atoms with E-state index in [0.717, 1.165) is 64.4 Å². The van der Waals surface area contributed by atoms with E-state index in [4.69, 9.17) is 4.74 Å². The highest BCUT2D eigenvalue weighted by Gasteiger charge is 2.25. The number of hydrogen-bond donors (Lipinski definition) is 0. The van der Waals surface area contributed by atoms with Crippen molar-refractivity contribution >= 4 is 6.29 Å². The van der Waals surface area contributed by atoms with Gasteiger partial charge in [0.25, 0.3) is 0 Å². The van der Waals surface area contributed by atoms with Crippen molar-refractivity contribution in [2.24, 2.45) is 11.8 Å². The van der Waals surface area contributed by atoms with E-state index in [1.54, 1.807) is 0 Å². The molecule has 0 radical (unpaired) electrons. The number of nitrogens with zero attached hydrogens (tertiary/aromatic N) is 2. The van der Waals surface area contributed by atoms with Gasteiger partial charge in [0.15, 0.2) is 0 Å². The van der Waals surface area contributed by atoms with Gasteiger partial charge in [0.2, 0.25) is 0 Å². The van der Waals surface area contributed by atoms with Gasteiger partial charge >= 0.3 is 0 Å². The molecular formula is C15H28N2O2. The summed E-state index contributed by atoms with van der Waals surface area (Å²) in [4.78, 5) is 15.7. The van der Waals surface area contributed by atoms with Gasteiger partial charge in [0.05, 0.1) is 12.7 Å². The van der Waals surface area contributed by atoms with Crippen molar-refractivity contribution in [3.63, 3.8) is 0 Å². The number of rotatable bonds is 5. The highest BCUT2D eigenvalue weighted by molar-refractivity contribution is 5.53. The molecule has 2 heterocycles. The molecule has 0 aromatic rings. The lowest BCUT2D eigenvalue weighted by Crippen LogP contribution is -2.49. The van der Waals surface area contributed by atoms with Crippen molar-refractivity contribution in [3.8, 4) is 0 Å². The molecule has 0 spiro atoms. The summed E-state index contributed by atoms with van der Waals surface area (Å²) in [6.45, 7) is 11.8. The molecule has 19 heavy (non-hydrogen) atoms. The summed E-state index contributed by atoms with van der Waals surface area (Å²) in [5.74, 6) is 1.02. The Morgan fingerprint density at radius 3 is 2.58 bits per heavy atom. The summed E-state index contributed by atoms with van der Waals surface area (Å²) in [5.41, 5.74) is 0. The average Bonchev–Trinajstić information content (AvgIpc) is 2.39. The largest absolute Gasteiger partial charge is 0.374 e. The lowest BCUT2D eigenvalue weighted by atomic mass is 9.98. The van der Waals surface area contributed by atoms with E-state index < -0.39 is 0 Å². The first-order valence-electron chi connectivity index (χ1n) is 7.69. The van der Waals surface area contributed by atoms with Crippen LogP contribution in [0.2, 0.25) is 0 Å². The fourth-order valence-electron chi connectivity index (χ4n) is 3.13. The van der Waals surface area contributed by atoms with E-state index >= 15 is 0 Å². The number of likely N-dealkylation sites (tertiary alicyclic amines) is 1. The molecular weight excluding hydrogens is 240 g/mol. The summed E-state index contributed by atoms with van der Waals surface area (Å²) >= 11 is 0. The van der Waals surface area contributed by atoms with E-state index in [0.29, 0.717) is 12.0 Å². The maximum Gasteiger partial charge on any atom is 0.123 e. The first-order valence-corrected chi connectivity index (χ1v) is 7.69. The van der Waals surface area contributed by atoms with Gasteiger partial charge in [-0.25, -0.2) is 0 Å². The van der Waals surface area contributed by atoms with E-state index in [9.17, 15) is 4.79 Å². The molecule has 2 saturated heterocycles. The Morgan fingerprint density at radius 2 is 1.95 bits per heavy atom. The third-order valence-corrected chi connectivity index (χ3v) is 4.13. The maximum absolute atomic E-state index is 10.8. The minimum Gasteiger partial charge on any atom is -0.374 e. The Labute approximate surface area is 117 Å².